The summed E-state index contributed by atoms with van der Waals surface area (Å²) in [7, 11) is 0. The molecular formula is C20H26N4OS. The third kappa shape index (κ3) is 4.99. The van der Waals surface area contributed by atoms with Crippen LogP contribution in [0.2, 0.25) is 0 Å². The zero-order valence-corrected chi connectivity index (χ0v) is 16.0. The van der Waals surface area contributed by atoms with Gasteiger partial charge in [-0.1, -0.05) is 12.1 Å². The Hall–Kier alpha value is -2.05. The molecule has 1 aliphatic heterocycles. The fourth-order valence-corrected chi connectivity index (χ4v) is 3.62. The van der Waals surface area contributed by atoms with Crippen LogP contribution in [0.3, 0.4) is 0 Å². The maximum Gasteiger partial charge on any atom is 0.251 e. The first kappa shape index (κ1) is 18.7. The van der Waals surface area contributed by atoms with Crippen LogP contribution in [0, 0.1) is 0 Å². The number of carbonyl (C=O) groups is 1. The molecule has 0 aliphatic carbocycles. The summed E-state index contributed by atoms with van der Waals surface area (Å²) in [5.74, 6) is 1.69. The summed E-state index contributed by atoms with van der Waals surface area (Å²) in [6, 6.07) is 11.6. The SMILES string of the molecule is CSCCN1CCC(NC(=O)c2ccc(-c3ccc(N)nc3)cc2)CC1. The Morgan fingerprint density at radius 3 is 2.50 bits per heavy atom. The molecule has 0 atom stereocenters. The number of aromatic nitrogens is 1. The second-order valence-electron chi connectivity index (χ2n) is 6.63. The minimum Gasteiger partial charge on any atom is -0.384 e. The van der Waals surface area contributed by atoms with Crippen LogP contribution in [0.1, 0.15) is 23.2 Å². The van der Waals surface area contributed by atoms with Crippen molar-refractivity contribution >= 4 is 23.5 Å². The number of hydrogen-bond donors (Lipinski definition) is 2. The van der Waals surface area contributed by atoms with Gasteiger partial charge in [0, 0.05) is 48.8 Å². The number of thioether (sulfide) groups is 1. The molecular weight excluding hydrogens is 344 g/mol. The molecule has 138 valence electrons. The molecule has 26 heavy (non-hydrogen) atoms. The molecule has 0 bridgehead atoms. The largest absolute Gasteiger partial charge is 0.384 e. The second-order valence-corrected chi connectivity index (χ2v) is 7.62. The molecule has 2 heterocycles. The quantitative estimate of drug-likeness (QED) is 0.818. The Morgan fingerprint density at radius 1 is 1.19 bits per heavy atom. The summed E-state index contributed by atoms with van der Waals surface area (Å²) < 4.78 is 0. The zero-order valence-electron chi connectivity index (χ0n) is 15.1. The number of pyridine rings is 1. The molecule has 0 unspecified atom stereocenters. The van der Waals surface area contributed by atoms with Crippen molar-refractivity contribution in [1.82, 2.24) is 15.2 Å². The highest BCUT2D eigenvalue weighted by Crippen LogP contribution is 2.20. The van der Waals surface area contributed by atoms with E-state index in [0.717, 1.165) is 43.6 Å². The van der Waals surface area contributed by atoms with Crippen LogP contribution < -0.4 is 11.1 Å². The topological polar surface area (TPSA) is 71.2 Å². The summed E-state index contributed by atoms with van der Waals surface area (Å²) >= 11 is 1.88. The lowest BCUT2D eigenvalue weighted by atomic mass is 10.0. The molecule has 1 amide bonds. The van der Waals surface area contributed by atoms with Crippen molar-refractivity contribution in [3.05, 3.63) is 48.2 Å². The second kappa shape index (κ2) is 9.05. The number of likely N-dealkylation sites (tertiary alicyclic amines) is 1. The zero-order chi connectivity index (χ0) is 18.4. The lowest BCUT2D eigenvalue weighted by molar-refractivity contribution is 0.0913. The van der Waals surface area contributed by atoms with Crippen molar-refractivity contribution in [3.63, 3.8) is 0 Å². The lowest BCUT2D eigenvalue weighted by Gasteiger charge is -2.32. The average molecular weight is 371 g/mol. The van der Waals surface area contributed by atoms with E-state index in [1.165, 1.54) is 5.75 Å². The molecule has 1 aromatic heterocycles. The molecule has 3 rings (SSSR count). The normalized spacial score (nSPS) is 15.7. The predicted molar refractivity (Wildman–Crippen MR) is 109 cm³/mol. The van der Waals surface area contributed by atoms with Gasteiger partial charge in [-0.2, -0.15) is 11.8 Å². The summed E-state index contributed by atoms with van der Waals surface area (Å²) in [6.07, 6.45) is 5.93. The number of rotatable bonds is 6. The average Bonchev–Trinajstić information content (AvgIpc) is 2.68. The molecule has 1 aromatic carbocycles. The van der Waals surface area contributed by atoms with Crippen molar-refractivity contribution < 1.29 is 4.79 Å². The molecule has 6 heteroatoms. The fourth-order valence-electron chi connectivity index (χ4n) is 3.18. The standard InChI is InChI=1S/C20H26N4OS/c1-26-13-12-24-10-8-18(9-11-24)23-20(25)16-4-2-15(3-5-16)17-6-7-19(21)22-14-17/h2-7,14,18H,8-13H2,1H3,(H2,21,22)(H,23,25). The first-order valence-electron chi connectivity index (χ1n) is 9.00. The highest BCUT2D eigenvalue weighted by atomic mass is 32.2. The third-order valence-electron chi connectivity index (χ3n) is 4.80. The van der Waals surface area contributed by atoms with Crippen molar-refractivity contribution in [1.29, 1.82) is 0 Å². The Kier molecular flexibility index (Phi) is 6.52. The lowest BCUT2D eigenvalue weighted by Crippen LogP contribution is -2.45. The van der Waals surface area contributed by atoms with Gasteiger partial charge in [0.05, 0.1) is 0 Å². The van der Waals surface area contributed by atoms with Gasteiger partial charge in [0.25, 0.3) is 5.91 Å². The highest BCUT2D eigenvalue weighted by molar-refractivity contribution is 7.98. The highest BCUT2D eigenvalue weighted by Gasteiger charge is 2.20. The van der Waals surface area contributed by atoms with Crippen LogP contribution in [0.15, 0.2) is 42.6 Å². The van der Waals surface area contributed by atoms with Crippen molar-refractivity contribution in [2.45, 2.75) is 18.9 Å². The Bertz CT molecular complexity index is 710. The molecule has 5 nitrogen and oxygen atoms in total. The predicted octanol–water partition coefficient (Wildman–Crippen LogP) is 2.89. The van der Waals surface area contributed by atoms with E-state index in [9.17, 15) is 4.79 Å². The first-order valence-corrected chi connectivity index (χ1v) is 10.4. The number of carbonyl (C=O) groups excluding carboxylic acids is 1. The van der Waals surface area contributed by atoms with E-state index < -0.39 is 0 Å². The van der Waals surface area contributed by atoms with E-state index in [4.69, 9.17) is 5.73 Å². The molecule has 0 radical (unpaired) electrons. The number of piperidine rings is 1. The van der Waals surface area contributed by atoms with E-state index in [1.54, 1.807) is 12.3 Å². The Morgan fingerprint density at radius 2 is 1.88 bits per heavy atom. The maximum atomic E-state index is 12.5. The summed E-state index contributed by atoms with van der Waals surface area (Å²) in [6.45, 7) is 3.27. The van der Waals surface area contributed by atoms with Crippen LogP contribution >= 0.6 is 11.8 Å². The van der Waals surface area contributed by atoms with Crippen LogP contribution in [0.5, 0.6) is 0 Å². The van der Waals surface area contributed by atoms with Gasteiger partial charge in [-0.15, -0.1) is 0 Å². The number of anilines is 1. The van der Waals surface area contributed by atoms with Crippen molar-refractivity contribution in [3.8, 4) is 11.1 Å². The fraction of sp³-hybridized carbons (Fsp3) is 0.400. The third-order valence-corrected chi connectivity index (χ3v) is 5.39. The van der Waals surface area contributed by atoms with Gasteiger partial charge >= 0.3 is 0 Å². The summed E-state index contributed by atoms with van der Waals surface area (Å²) in [4.78, 5) is 19.1. The molecule has 1 aliphatic rings. The molecule has 2 aromatic rings. The van der Waals surface area contributed by atoms with Crippen LogP contribution in [-0.4, -0.2) is 53.5 Å². The van der Waals surface area contributed by atoms with Crippen LogP contribution in [0.4, 0.5) is 5.82 Å². The van der Waals surface area contributed by atoms with Gasteiger partial charge in [0.15, 0.2) is 0 Å². The smallest absolute Gasteiger partial charge is 0.251 e. The van der Waals surface area contributed by atoms with E-state index >= 15 is 0 Å². The van der Waals surface area contributed by atoms with Crippen molar-refractivity contribution in [2.24, 2.45) is 0 Å². The Labute approximate surface area is 159 Å². The van der Waals surface area contributed by atoms with Gasteiger partial charge in [-0.3, -0.25) is 4.79 Å². The van der Waals surface area contributed by atoms with Crippen LogP contribution in [0.25, 0.3) is 11.1 Å². The van der Waals surface area contributed by atoms with Gasteiger partial charge in [-0.05, 0) is 48.9 Å². The number of nitrogen functional groups attached to an aromatic ring is 1. The molecule has 3 N–H and O–H groups in total. The molecule has 0 saturated carbocycles. The minimum atomic E-state index is 0.00884. The van der Waals surface area contributed by atoms with Crippen molar-refractivity contribution in [2.75, 3.05) is 37.4 Å². The molecule has 1 fully saturated rings. The van der Waals surface area contributed by atoms with Gasteiger partial charge in [0.1, 0.15) is 5.82 Å². The summed E-state index contributed by atoms with van der Waals surface area (Å²) in [5, 5.41) is 3.18. The number of benzene rings is 1. The van der Waals surface area contributed by atoms with Crippen LogP contribution in [-0.2, 0) is 0 Å². The molecule has 0 spiro atoms. The molecule has 1 saturated heterocycles. The number of amides is 1. The minimum absolute atomic E-state index is 0.00884. The van der Waals surface area contributed by atoms with E-state index in [-0.39, 0.29) is 11.9 Å². The van der Waals surface area contributed by atoms with E-state index in [0.29, 0.717) is 11.4 Å². The van der Waals surface area contributed by atoms with E-state index in [2.05, 4.69) is 21.5 Å². The number of nitrogens with one attached hydrogen (secondary N) is 1. The van der Waals surface area contributed by atoms with Gasteiger partial charge < -0.3 is 16.0 Å². The maximum absolute atomic E-state index is 12.5. The number of hydrogen-bond acceptors (Lipinski definition) is 5. The number of nitrogens with two attached hydrogens (primary N) is 1. The van der Waals surface area contributed by atoms with Gasteiger partial charge in [0.2, 0.25) is 0 Å². The Balaban J connectivity index is 1.53. The number of nitrogens with zero attached hydrogens (tertiary/aromatic N) is 2. The van der Waals surface area contributed by atoms with E-state index in [1.807, 2.05) is 42.1 Å². The first-order chi connectivity index (χ1) is 12.7. The summed E-state index contributed by atoms with van der Waals surface area (Å²) in [5.41, 5.74) is 8.33. The monoisotopic (exact) mass is 370 g/mol. The van der Waals surface area contributed by atoms with Gasteiger partial charge in [-0.25, -0.2) is 4.98 Å².